The molecule has 0 aromatic heterocycles. The number of phenolic OH excluding ortho intramolecular Hbond substituents is 1. The monoisotopic (exact) mass is 298 g/mol. The molecule has 5 nitrogen and oxygen atoms in total. The molecular weight excluding hydrogens is 280 g/mol. The molecule has 0 saturated carbocycles. The van der Waals surface area contributed by atoms with Gasteiger partial charge in [-0.25, -0.2) is 0 Å². The van der Waals surface area contributed by atoms with E-state index < -0.39 is 0 Å². The number of ether oxygens (including phenoxy) is 1. The first kappa shape index (κ1) is 14.3. The van der Waals surface area contributed by atoms with Crippen LogP contribution in [0, 0.1) is 0 Å². The molecule has 1 amide bonds. The Bertz CT molecular complexity index is 658. The van der Waals surface area contributed by atoms with Crippen molar-refractivity contribution in [2.24, 2.45) is 0 Å². The van der Waals surface area contributed by atoms with Crippen molar-refractivity contribution in [3.63, 3.8) is 0 Å². The van der Waals surface area contributed by atoms with Gasteiger partial charge in [0.2, 0.25) is 0 Å². The Labute approximate surface area is 129 Å². The Morgan fingerprint density at radius 3 is 2.86 bits per heavy atom. The zero-order valence-corrected chi connectivity index (χ0v) is 12.2. The van der Waals surface area contributed by atoms with Crippen LogP contribution in [0.25, 0.3) is 0 Å². The van der Waals surface area contributed by atoms with Crippen LogP contribution in [-0.2, 0) is 0 Å². The Balaban J connectivity index is 1.59. The van der Waals surface area contributed by atoms with Crippen LogP contribution in [-0.4, -0.2) is 37.3 Å². The third kappa shape index (κ3) is 3.14. The van der Waals surface area contributed by atoms with Crippen molar-refractivity contribution in [2.45, 2.75) is 0 Å². The van der Waals surface area contributed by atoms with Crippen molar-refractivity contribution in [2.75, 3.05) is 31.1 Å². The number of phenols is 1. The van der Waals surface area contributed by atoms with E-state index in [1.807, 2.05) is 18.2 Å². The van der Waals surface area contributed by atoms with Gasteiger partial charge in [-0.15, -0.1) is 0 Å². The van der Waals surface area contributed by atoms with Crippen LogP contribution in [0.4, 0.5) is 5.69 Å². The minimum absolute atomic E-state index is 0.0787. The summed E-state index contributed by atoms with van der Waals surface area (Å²) in [4.78, 5) is 14.1. The summed E-state index contributed by atoms with van der Waals surface area (Å²) in [6.07, 6.45) is 0. The predicted octanol–water partition coefficient (Wildman–Crippen LogP) is 2.02. The van der Waals surface area contributed by atoms with Crippen LogP contribution in [0.2, 0.25) is 0 Å². The quantitative estimate of drug-likeness (QED) is 0.906. The molecule has 22 heavy (non-hydrogen) atoms. The van der Waals surface area contributed by atoms with Gasteiger partial charge in [-0.2, -0.15) is 0 Å². The zero-order chi connectivity index (χ0) is 15.4. The van der Waals surface area contributed by atoms with E-state index in [1.54, 1.807) is 30.3 Å². The van der Waals surface area contributed by atoms with E-state index >= 15 is 0 Å². The van der Waals surface area contributed by atoms with Gasteiger partial charge >= 0.3 is 0 Å². The SMILES string of the molecule is O=C(NCCN1CCOc2ccc(O)cc21)c1ccccc1. The number of nitrogens with one attached hydrogen (secondary N) is 1. The maximum atomic E-state index is 12.0. The zero-order valence-electron chi connectivity index (χ0n) is 12.2. The van der Waals surface area contributed by atoms with Gasteiger partial charge in [-0.3, -0.25) is 4.79 Å². The lowest BCUT2D eigenvalue weighted by molar-refractivity contribution is 0.0954. The fourth-order valence-electron chi connectivity index (χ4n) is 2.49. The standard InChI is InChI=1S/C17H18N2O3/c20-14-6-7-16-15(12-14)19(10-11-22-16)9-8-18-17(21)13-4-2-1-3-5-13/h1-7,12,20H,8-11H2,(H,18,21). The smallest absolute Gasteiger partial charge is 0.251 e. The summed E-state index contributed by atoms with van der Waals surface area (Å²) < 4.78 is 5.57. The number of rotatable bonds is 4. The molecule has 2 aromatic rings. The molecule has 1 aliphatic heterocycles. The topological polar surface area (TPSA) is 61.8 Å². The van der Waals surface area contributed by atoms with Gasteiger partial charge in [0.15, 0.2) is 0 Å². The number of hydrogen-bond donors (Lipinski definition) is 2. The fraction of sp³-hybridized carbons (Fsp3) is 0.235. The summed E-state index contributed by atoms with van der Waals surface area (Å²) in [6.45, 7) is 2.53. The second-order valence-electron chi connectivity index (χ2n) is 5.11. The number of amides is 1. The van der Waals surface area contributed by atoms with Gasteiger partial charge < -0.3 is 20.1 Å². The number of fused-ring (bicyclic) bond motifs is 1. The molecule has 0 fully saturated rings. The molecule has 0 bridgehead atoms. The highest BCUT2D eigenvalue weighted by Gasteiger charge is 2.18. The summed E-state index contributed by atoms with van der Waals surface area (Å²) in [6, 6.07) is 14.2. The second-order valence-corrected chi connectivity index (χ2v) is 5.11. The molecule has 0 atom stereocenters. The van der Waals surface area contributed by atoms with E-state index in [-0.39, 0.29) is 11.7 Å². The number of aromatic hydroxyl groups is 1. The van der Waals surface area contributed by atoms with Crippen molar-refractivity contribution in [3.05, 3.63) is 54.1 Å². The molecule has 0 spiro atoms. The van der Waals surface area contributed by atoms with Gasteiger partial charge in [0.05, 0.1) is 12.2 Å². The summed E-state index contributed by atoms with van der Waals surface area (Å²) >= 11 is 0. The predicted molar refractivity (Wildman–Crippen MR) is 84.6 cm³/mol. The molecule has 2 aromatic carbocycles. The number of anilines is 1. The molecule has 1 aliphatic rings. The highest BCUT2D eigenvalue weighted by molar-refractivity contribution is 5.94. The summed E-state index contributed by atoms with van der Waals surface area (Å²) in [5.41, 5.74) is 1.52. The molecule has 5 heteroatoms. The molecule has 0 saturated heterocycles. The highest BCUT2D eigenvalue weighted by atomic mass is 16.5. The van der Waals surface area contributed by atoms with Gasteiger partial charge in [-0.05, 0) is 24.3 Å². The van der Waals surface area contributed by atoms with Gasteiger partial charge in [-0.1, -0.05) is 18.2 Å². The number of benzene rings is 2. The van der Waals surface area contributed by atoms with E-state index in [1.165, 1.54) is 0 Å². The number of nitrogens with zero attached hydrogens (tertiary/aromatic N) is 1. The molecule has 0 unspecified atom stereocenters. The van der Waals surface area contributed by atoms with E-state index in [4.69, 9.17) is 4.74 Å². The Morgan fingerprint density at radius 2 is 2.05 bits per heavy atom. The van der Waals surface area contributed by atoms with Crippen LogP contribution in [0.5, 0.6) is 11.5 Å². The van der Waals surface area contributed by atoms with Crippen LogP contribution in [0.3, 0.4) is 0 Å². The molecule has 3 rings (SSSR count). The molecule has 1 heterocycles. The average molecular weight is 298 g/mol. The number of carbonyl (C=O) groups excluding carboxylic acids is 1. The Kier molecular flexibility index (Phi) is 4.14. The van der Waals surface area contributed by atoms with Crippen LogP contribution in [0.1, 0.15) is 10.4 Å². The Morgan fingerprint density at radius 1 is 1.23 bits per heavy atom. The highest BCUT2D eigenvalue weighted by Crippen LogP contribution is 2.34. The van der Waals surface area contributed by atoms with Gasteiger partial charge in [0, 0.05) is 24.7 Å². The summed E-state index contributed by atoms with van der Waals surface area (Å²) in [5.74, 6) is 0.894. The van der Waals surface area contributed by atoms with Crippen molar-refractivity contribution >= 4 is 11.6 Å². The second kappa shape index (κ2) is 6.39. The van der Waals surface area contributed by atoms with Crippen LogP contribution >= 0.6 is 0 Å². The first-order valence-corrected chi connectivity index (χ1v) is 7.28. The van der Waals surface area contributed by atoms with E-state index in [0.29, 0.717) is 25.3 Å². The first-order chi connectivity index (χ1) is 10.7. The Hall–Kier alpha value is -2.69. The van der Waals surface area contributed by atoms with E-state index in [0.717, 1.165) is 18.0 Å². The molecule has 0 aliphatic carbocycles. The number of hydrogen-bond acceptors (Lipinski definition) is 4. The molecule has 0 radical (unpaired) electrons. The first-order valence-electron chi connectivity index (χ1n) is 7.28. The minimum atomic E-state index is -0.0787. The maximum Gasteiger partial charge on any atom is 0.251 e. The van der Waals surface area contributed by atoms with E-state index in [9.17, 15) is 9.90 Å². The van der Waals surface area contributed by atoms with Crippen LogP contribution in [0.15, 0.2) is 48.5 Å². The third-order valence-corrected chi connectivity index (χ3v) is 3.61. The maximum absolute atomic E-state index is 12.0. The normalized spacial score (nSPS) is 13.2. The average Bonchev–Trinajstić information content (AvgIpc) is 2.56. The third-order valence-electron chi connectivity index (χ3n) is 3.61. The largest absolute Gasteiger partial charge is 0.508 e. The summed E-state index contributed by atoms with van der Waals surface area (Å²) in [5, 5.41) is 12.5. The molecule has 114 valence electrons. The summed E-state index contributed by atoms with van der Waals surface area (Å²) in [7, 11) is 0. The van der Waals surface area contributed by atoms with Gasteiger partial charge in [0.25, 0.3) is 5.91 Å². The fourth-order valence-corrected chi connectivity index (χ4v) is 2.49. The lowest BCUT2D eigenvalue weighted by Crippen LogP contribution is -2.39. The van der Waals surface area contributed by atoms with Gasteiger partial charge in [0.1, 0.15) is 18.1 Å². The minimum Gasteiger partial charge on any atom is -0.508 e. The van der Waals surface area contributed by atoms with Crippen molar-refractivity contribution in [1.29, 1.82) is 0 Å². The molecule has 2 N–H and O–H groups in total. The lowest BCUT2D eigenvalue weighted by atomic mass is 10.2. The van der Waals surface area contributed by atoms with Crippen LogP contribution < -0.4 is 15.0 Å². The van der Waals surface area contributed by atoms with Crippen molar-refractivity contribution in [3.8, 4) is 11.5 Å². The number of carbonyl (C=O) groups is 1. The molecular formula is C17H18N2O3. The lowest BCUT2D eigenvalue weighted by Gasteiger charge is -2.31. The van der Waals surface area contributed by atoms with E-state index in [2.05, 4.69) is 10.2 Å². The van der Waals surface area contributed by atoms with Crippen molar-refractivity contribution in [1.82, 2.24) is 5.32 Å². The van der Waals surface area contributed by atoms with Crippen molar-refractivity contribution < 1.29 is 14.6 Å².